The summed E-state index contributed by atoms with van der Waals surface area (Å²) in [5.74, 6) is 4.92. The van der Waals surface area contributed by atoms with Gasteiger partial charge in [-0.1, -0.05) is 0 Å². The zero-order chi connectivity index (χ0) is 8.85. The van der Waals surface area contributed by atoms with Crippen LogP contribution in [0.2, 0.25) is 0 Å². The van der Waals surface area contributed by atoms with E-state index >= 15 is 0 Å². The molecule has 5 nitrogen and oxygen atoms in total. The fraction of sp³-hybridized carbons (Fsp3) is 0.833. The third kappa shape index (κ3) is 3.20. The SMILES string of the molecule is CC(C)N(CCO)C(=O)NN. The summed E-state index contributed by atoms with van der Waals surface area (Å²) >= 11 is 0. The van der Waals surface area contributed by atoms with E-state index in [0.717, 1.165) is 0 Å². The molecular weight excluding hydrogens is 146 g/mol. The summed E-state index contributed by atoms with van der Waals surface area (Å²) in [4.78, 5) is 12.4. The number of amides is 2. The minimum Gasteiger partial charge on any atom is -0.395 e. The Morgan fingerprint density at radius 1 is 1.73 bits per heavy atom. The molecule has 0 atom stereocenters. The van der Waals surface area contributed by atoms with Crippen molar-refractivity contribution in [3.63, 3.8) is 0 Å². The quantitative estimate of drug-likeness (QED) is 0.290. The Bertz CT molecular complexity index is 127. The first kappa shape index (κ1) is 10.2. The molecule has 2 amide bonds. The summed E-state index contributed by atoms with van der Waals surface area (Å²) in [6.07, 6.45) is 0. The highest BCUT2D eigenvalue weighted by atomic mass is 16.3. The number of aliphatic hydroxyl groups is 1. The Kier molecular flexibility index (Phi) is 4.56. The molecule has 0 saturated carbocycles. The molecule has 0 unspecified atom stereocenters. The Balaban J connectivity index is 3.98. The zero-order valence-corrected chi connectivity index (χ0v) is 6.87. The maximum absolute atomic E-state index is 10.9. The van der Waals surface area contributed by atoms with E-state index in [1.807, 2.05) is 19.3 Å². The Hall–Kier alpha value is -0.810. The van der Waals surface area contributed by atoms with Gasteiger partial charge in [0.25, 0.3) is 0 Å². The number of carbonyl (C=O) groups excluding carboxylic acids is 1. The van der Waals surface area contributed by atoms with E-state index in [1.165, 1.54) is 4.90 Å². The van der Waals surface area contributed by atoms with E-state index in [-0.39, 0.29) is 18.7 Å². The maximum Gasteiger partial charge on any atom is 0.331 e. The summed E-state index contributed by atoms with van der Waals surface area (Å²) < 4.78 is 0. The molecule has 0 fully saturated rings. The molecule has 5 heteroatoms. The largest absolute Gasteiger partial charge is 0.395 e. The van der Waals surface area contributed by atoms with Crippen LogP contribution in [0.4, 0.5) is 4.79 Å². The fourth-order valence-electron chi connectivity index (χ4n) is 0.785. The van der Waals surface area contributed by atoms with E-state index in [1.54, 1.807) is 0 Å². The summed E-state index contributed by atoms with van der Waals surface area (Å²) in [5, 5.41) is 8.57. The van der Waals surface area contributed by atoms with Gasteiger partial charge < -0.3 is 10.0 Å². The van der Waals surface area contributed by atoms with Crippen LogP contribution < -0.4 is 11.3 Å². The van der Waals surface area contributed by atoms with E-state index < -0.39 is 0 Å². The molecule has 0 heterocycles. The first-order valence-electron chi connectivity index (χ1n) is 3.51. The highest BCUT2D eigenvalue weighted by molar-refractivity contribution is 5.73. The average Bonchev–Trinajstić information content (AvgIpc) is 1.98. The lowest BCUT2D eigenvalue weighted by molar-refractivity contribution is 0.161. The third-order valence-electron chi connectivity index (χ3n) is 1.35. The van der Waals surface area contributed by atoms with Crippen molar-refractivity contribution in [2.75, 3.05) is 13.2 Å². The second-order valence-electron chi connectivity index (χ2n) is 2.46. The summed E-state index contributed by atoms with van der Waals surface area (Å²) in [5.41, 5.74) is 2.01. The van der Waals surface area contributed by atoms with Crippen LogP contribution >= 0.6 is 0 Å². The highest BCUT2D eigenvalue weighted by Crippen LogP contribution is 1.96. The molecular formula is C6H15N3O2. The number of hydrogen-bond donors (Lipinski definition) is 3. The van der Waals surface area contributed by atoms with Crippen LogP contribution in [0.5, 0.6) is 0 Å². The highest BCUT2D eigenvalue weighted by Gasteiger charge is 2.13. The normalized spacial score (nSPS) is 9.91. The van der Waals surface area contributed by atoms with Crippen LogP contribution in [0.3, 0.4) is 0 Å². The van der Waals surface area contributed by atoms with Crippen LogP contribution in [-0.4, -0.2) is 35.2 Å². The predicted molar refractivity (Wildman–Crippen MR) is 41.6 cm³/mol. The monoisotopic (exact) mass is 161 g/mol. The van der Waals surface area contributed by atoms with E-state index in [2.05, 4.69) is 0 Å². The number of nitrogens with zero attached hydrogens (tertiary/aromatic N) is 1. The van der Waals surface area contributed by atoms with Gasteiger partial charge in [-0.3, -0.25) is 5.43 Å². The van der Waals surface area contributed by atoms with Gasteiger partial charge in [-0.25, -0.2) is 10.6 Å². The molecule has 0 aliphatic heterocycles. The molecule has 0 saturated heterocycles. The van der Waals surface area contributed by atoms with Gasteiger partial charge in [-0.15, -0.1) is 0 Å². The number of carbonyl (C=O) groups is 1. The number of rotatable bonds is 3. The molecule has 0 spiro atoms. The Morgan fingerprint density at radius 3 is 2.55 bits per heavy atom. The van der Waals surface area contributed by atoms with Gasteiger partial charge in [0.2, 0.25) is 0 Å². The topological polar surface area (TPSA) is 78.6 Å². The van der Waals surface area contributed by atoms with Crippen molar-refractivity contribution in [2.45, 2.75) is 19.9 Å². The molecule has 0 rings (SSSR count). The van der Waals surface area contributed by atoms with Crippen molar-refractivity contribution >= 4 is 6.03 Å². The number of urea groups is 1. The minimum atomic E-state index is -0.367. The molecule has 0 aliphatic rings. The van der Waals surface area contributed by atoms with Crippen LogP contribution in [0.25, 0.3) is 0 Å². The number of hydrazine groups is 1. The van der Waals surface area contributed by atoms with E-state index in [0.29, 0.717) is 6.54 Å². The van der Waals surface area contributed by atoms with Crippen LogP contribution in [0.1, 0.15) is 13.8 Å². The van der Waals surface area contributed by atoms with Gasteiger partial charge in [0.05, 0.1) is 6.61 Å². The maximum atomic E-state index is 10.9. The first-order valence-corrected chi connectivity index (χ1v) is 3.51. The molecule has 0 aliphatic carbocycles. The lowest BCUT2D eigenvalue weighted by Crippen LogP contribution is -2.47. The summed E-state index contributed by atoms with van der Waals surface area (Å²) in [6, 6.07) is -0.320. The minimum absolute atomic E-state index is 0.0469. The van der Waals surface area contributed by atoms with Crippen molar-refractivity contribution in [1.29, 1.82) is 0 Å². The van der Waals surface area contributed by atoms with Gasteiger partial charge in [0.1, 0.15) is 0 Å². The first-order chi connectivity index (χ1) is 5.13. The third-order valence-corrected chi connectivity index (χ3v) is 1.35. The molecule has 0 aromatic heterocycles. The molecule has 0 aromatic carbocycles. The van der Waals surface area contributed by atoms with E-state index in [9.17, 15) is 4.79 Å². The standard InChI is InChI=1S/C6H15N3O2/c1-5(2)9(3-4-10)6(11)8-7/h5,10H,3-4,7H2,1-2H3,(H,8,11). The lowest BCUT2D eigenvalue weighted by Gasteiger charge is -2.24. The van der Waals surface area contributed by atoms with Crippen molar-refractivity contribution < 1.29 is 9.90 Å². The number of aliphatic hydroxyl groups excluding tert-OH is 1. The van der Waals surface area contributed by atoms with Gasteiger partial charge >= 0.3 is 6.03 Å². The van der Waals surface area contributed by atoms with Crippen LogP contribution in [0, 0.1) is 0 Å². The van der Waals surface area contributed by atoms with Gasteiger partial charge in [0.15, 0.2) is 0 Å². The van der Waals surface area contributed by atoms with Crippen molar-refractivity contribution in [1.82, 2.24) is 10.3 Å². The molecule has 66 valence electrons. The Morgan fingerprint density at radius 2 is 2.27 bits per heavy atom. The average molecular weight is 161 g/mol. The van der Waals surface area contributed by atoms with Crippen LogP contribution in [-0.2, 0) is 0 Å². The fourth-order valence-corrected chi connectivity index (χ4v) is 0.785. The van der Waals surface area contributed by atoms with Crippen LogP contribution in [0.15, 0.2) is 0 Å². The predicted octanol–water partition coefficient (Wildman–Crippen LogP) is -0.728. The number of hydrogen-bond acceptors (Lipinski definition) is 3. The lowest BCUT2D eigenvalue weighted by atomic mass is 10.3. The van der Waals surface area contributed by atoms with Crippen molar-refractivity contribution in [3.8, 4) is 0 Å². The van der Waals surface area contributed by atoms with Gasteiger partial charge in [-0.2, -0.15) is 0 Å². The van der Waals surface area contributed by atoms with Crippen molar-refractivity contribution in [2.24, 2.45) is 5.84 Å². The Labute approximate surface area is 66.1 Å². The second kappa shape index (κ2) is 4.92. The second-order valence-corrected chi connectivity index (χ2v) is 2.46. The molecule has 0 radical (unpaired) electrons. The summed E-state index contributed by atoms with van der Waals surface area (Å²) in [6.45, 7) is 3.96. The molecule has 0 aromatic rings. The summed E-state index contributed by atoms with van der Waals surface area (Å²) in [7, 11) is 0. The van der Waals surface area contributed by atoms with Crippen molar-refractivity contribution in [3.05, 3.63) is 0 Å². The van der Waals surface area contributed by atoms with Gasteiger partial charge in [-0.05, 0) is 13.8 Å². The molecule has 4 N–H and O–H groups in total. The van der Waals surface area contributed by atoms with Gasteiger partial charge in [0, 0.05) is 12.6 Å². The number of nitrogens with two attached hydrogens (primary N) is 1. The zero-order valence-electron chi connectivity index (χ0n) is 6.87. The number of nitrogens with one attached hydrogen (secondary N) is 1. The molecule has 11 heavy (non-hydrogen) atoms. The smallest absolute Gasteiger partial charge is 0.331 e. The van der Waals surface area contributed by atoms with E-state index in [4.69, 9.17) is 10.9 Å². The molecule has 0 bridgehead atoms.